The zero-order valence-electron chi connectivity index (χ0n) is 10.8. The van der Waals surface area contributed by atoms with Gasteiger partial charge in [-0.2, -0.15) is 0 Å². The van der Waals surface area contributed by atoms with E-state index in [2.05, 4.69) is 4.98 Å². The van der Waals surface area contributed by atoms with Gasteiger partial charge in [0.25, 0.3) is 0 Å². The van der Waals surface area contributed by atoms with Gasteiger partial charge in [-0.1, -0.05) is 0 Å². The van der Waals surface area contributed by atoms with E-state index in [4.69, 9.17) is 17.3 Å². The molecule has 2 rings (SSSR count). The average molecular weight is 284 g/mol. The van der Waals surface area contributed by atoms with E-state index in [1.165, 1.54) is 12.1 Å². The molecule has 19 heavy (non-hydrogen) atoms. The predicted octanol–water partition coefficient (Wildman–Crippen LogP) is 2.52. The second-order valence-corrected chi connectivity index (χ2v) is 5.35. The van der Waals surface area contributed by atoms with Gasteiger partial charge in [0, 0.05) is 18.0 Å². The molecule has 102 valence electrons. The number of imidazole rings is 1. The number of nitrogens with two attached hydrogens (primary N) is 1. The van der Waals surface area contributed by atoms with Gasteiger partial charge < -0.3 is 10.3 Å². The Bertz CT molecular complexity index is 636. The topological polar surface area (TPSA) is 60.9 Å². The molecule has 1 aromatic carbocycles. The average Bonchev–Trinajstić information content (AvgIpc) is 2.65. The van der Waals surface area contributed by atoms with Crippen molar-refractivity contribution in [2.75, 3.05) is 0 Å². The van der Waals surface area contributed by atoms with Crippen molar-refractivity contribution in [1.29, 1.82) is 0 Å². The van der Waals surface area contributed by atoms with Crippen LogP contribution < -0.4 is 5.73 Å². The van der Waals surface area contributed by atoms with Crippen LogP contribution in [0.25, 0.3) is 11.0 Å². The van der Waals surface area contributed by atoms with E-state index in [0.29, 0.717) is 11.3 Å². The molecule has 0 unspecified atom stereocenters. The van der Waals surface area contributed by atoms with Gasteiger partial charge in [0.15, 0.2) is 0 Å². The van der Waals surface area contributed by atoms with E-state index in [9.17, 15) is 9.18 Å². The van der Waals surface area contributed by atoms with Gasteiger partial charge in [-0.05, 0) is 26.0 Å². The number of halogens is 2. The van der Waals surface area contributed by atoms with Crippen molar-refractivity contribution in [3.8, 4) is 0 Å². The highest BCUT2D eigenvalue weighted by atomic mass is 35.5. The normalized spacial score (nSPS) is 12.0. The molecule has 1 heterocycles. The van der Waals surface area contributed by atoms with Crippen LogP contribution in [0.2, 0.25) is 0 Å². The van der Waals surface area contributed by atoms with E-state index in [0.717, 1.165) is 5.52 Å². The predicted molar refractivity (Wildman–Crippen MR) is 72.4 cm³/mol. The summed E-state index contributed by atoms with van der Waals surface area (Å²) in [5.41, 5.74) is 5.97. The lowest BCUT2D eigenvalue weighted by Gasteiger charge is -2.27. The largest absolute Gasteiger partial charge is 0.370 e. The number of hydrogen-bond acceptors (Lipinski definition) is 2. The number of benzene rings is 1. The quantitative estimate of drug-likeness (QED) is 0.877. The first kappa shape index (κ1) is 13.8. The van der Waals surface area contributed by atoms with Gasteiger partial charge in [-0.15, -0.1) is 11.6 Å². The van der Waals surface area contributed by atoms with Crippen molar-refractivity contribution in [2.24, 2.45) is 5.73 Å². The highest BCUT2D eigenvalue weighted by molar-refractivity contribution is 6.16. The maximum Gasteiger partial charge on any atom is 0.219 e. The molecule has 0 aliphatic carbocycles. The third kappa shape index (κ3) is 2.56. The summed E-state index contributed by atoms with van der Waals surface area (Å²) in [5.74, 6) is 0.00682. The lowest BCUT2D eigenvalue weighted by atomic mass is 9.99. The number of carbonyl (C=O) groups excluding carboxylic acids is 1. The van der Waals surface area contributed by atoms with Gasteiger partial charge in [0.1, 0.15) is 11.6 Å². The van der Waals surface area contributed by atoms with E-state index in [-0.39, 0.29) is 18.1 Å². The number of primary amides is 1. The van der Waals surface area contributed by atoms with Crippen LogP contribution >= 0.6 is 11.6 Å². The van der Waals surface area contributed by atoms with Gasteiger partial charge in [0.05, 0.1) is 16.9 Å². The summed E-state index contributed by atoms with van der Waals surface area (Å²) in [4.78, 5) is 15.5. The summed E-state index contributed by atoms with van der Waals surface area (Å²) in [6, 6.07) is 4.34. The summed E-state index contributed by atoms with van der Waals surface area (Å²) < 4.78 is 15.1. The zero-order valence-corrected chi connectivity index (χ0v) is 11.5. The van der Waals surface area contributed by atoms with Gasteiger partial charge in [-0.3, -0.25) is 4.79 Å². The van der Waals surface area contributed by atoms with Crippen LogP contribution in [0.1, 0.15) is 26.1 Å². The van der Waals surface area contributed by atoms with E-state index in [1.54, 1.807) is 6.07 Å². The fourth-order valence-electron chi connectivity index (χ4n) is 2.37. The van der Waals surface area contributed by atoms with Crippen LogP contribution in [0.4, 0.5) is 4.39 Å². The summed E-state index contributed by atoms with van der Waals surface area (Å²) in [6.45, 7) is 3.75. The fourth-order valence-corrected chi connectivity index (χ4v) is 2.55. The highest BCUT2D eigenvalue weighted by Crippen LogP contribution is 2.29. The van der Waals surface area contributed by atoms with Crippen LogP contribution in [0, 0.1) is 5.82 Å². The van der Waals surface area contributed by atoms with Crippen molar-refractivity contribution < 1.29 is 9.18 Å². The Morgan fingerprint density at radius 2 is 2.21 bits per heavy atom. The van der Waals surface area contributed by atoms with Gasteiger partial charge >= 0.3 is 0 Å². The van der Waals surface area contributed by atoms with Crippen molar-refractivity contribution in [2.45, 2.75) is 31.7 Å². The molecule has 0 fully saturated rings. The molecule has 1 amide bonds. The number of carbonyl (C=O) groups is 1. The smallest absolute Gasteiger partial charge is 0.219 e. The molecule has 0 radical (unpaired) electrons. The van der Waals surface area contributed by atoms with E-state index >= 15 is 0 Å². The molecule has 4 nitrogen and oxygen atoms in total. The van der Waals surface area contributed by atoms with E-state index in [1.807, 2.05) is 18.4 Å². The second kappa shape index (κ2) is 4.81. The molecule has 0 saturated heterocycles. The van der Waals surface area contributed by atoms with Crippen molar-refractivity contribution in [3.05, 3.63) is 29.8 Å². The number of aromatic nitrogens is 2. The van der Waals surface area contributed by atoms with Gasteiger partial charge in [0.2, 0.25) is 5.91 Å². The van der Waals surface area contributed by atoms with Crippen LogP contribution in [-0.4, -0.2) is 15.5 Å². The molecule has 0 aliphatic heterocycles. The van der Waals surface area contributed by atoms with Crippen LogP contribution in [0.3, 0.4) is 0 Å². The standard InChI is InChI=1S/C13H15ClFN3O/c1-13(2,6-11(16)19)18-10-4-3-8(15)5-9(10)17-12(18)7-14/h3-5H,6-7H2,1-2H3,(H2,16,19). The Morgan fingerprint density at radius 3 is 2.79 bits per heavy atom. The maximum atomic E-state index is 13.2. The molecule has 0 aliphatic rings. The van der Waals surface area contributed by atoms with Crippen LogP contribution in [0.15, 0.2) is 18.2 Å². The first-order chi connectivity index (χ1) is 8.85. The molecule has 6 heteroatoms. The summed E-state index contributed by atoms with van der Waals surface area (Å²) >= 11 is 5.89. The minimum Gasteiger partial charge on any atom is -0.370 e. The number of fused-ring (bicyclic) bond motifs is 1. The monoisotopic (exact) mass is 283 g/mol. The van der Waals surface area contributed by atoms with Gasteiger partial charge in [-0.25, -0.2) is 9.37 Å². The first-order valence-corrected chi connectivity index (χ1v) is 6.40. The Kier molecular flexibility index (Phi) is 3.49. The summed E-state index contributed by atoms with van der Waals surface area (Å²) in [6.07, 6.45) is 0.153. The van der Waals surface area contributed by atoms with Crippen molar-refractivity contribution in [3.63, 3.8) is 0 Å². The van der Waals surface area contributed by atoms with E-state index < -0.39 is 11.4 Å². The second-order valence-electron chi connectivity index (χ2n) is 5.09. The Labute approximate surface area is 115 Å². The maximum absolute atomic E-state index is 13.2. The Morgan fingerprint density at radius 1 is 1.53 bits per heavy atom. The molecule has 0 spiro atoms. The molecule has 2 N–H and O–H groups in total. The number of alkyl halides is 1. The highest BCUT2D eigenvalue weighted by Gasteiger charge is 2.27. The van der Waals surface area contributed by atoms with Crippen LogP contribution in [0.5, 0.6) is 0 Å². The van der Waals surface area contributed by atoms with Crippen LogP contribution in [-0.2, 0) is 16.2 Å². The third-order valence-electron chi connectivity index (χ3n) is 3.02. The minimum atomic E-state index is -0.567. The molecule has 0 bridgehead atoms. The minimum absolute atomic E-state index is 0.153. The SMILES string of the molecule is CC(C)(CC(N)=O)n1c(CCl)nc2cc(F)ccc21. The third-order valence-corrected chi connectivity index (χ3v) is 3.26. The fraction of sp³-hybridized carbons (Fsp3) is 0.385. The Hall–Kier alpha value is -1.62. The first-order valence-electron chi connectivity index (χ1n) is 5.87. The lowest BCUT2D eigenvalue weighted by Crippen LogP contribution is -2.33. The Balaban J connectivity index is 2.66. The number of nitrogens with zero attached hydrogens (tertiary/aromatic N) is 2. The molecular formula is C13H15ClFN3O. The molecule has 1 aromatic heterocycles. The number of hydrogen-bond donors (Lipinski definition) is 1. The summed E-state index contributed by atoms with van der Waals surface area (Å²) in [7, 11) is 0. The van der Waals surface area contributed by atoms with Crippen molar-refractivity contribution >= 4 is 28.5 Å². The summed E-state index contributed by atoms with van der Waals surface area (Å²) in [5, 5.41) is 0. The van der Waals surface area contributed by atoms with Crippen molar-refractivity contribution in [1.82, 2.24) is 9.55 Å². The number of amides is 1. The molecule has 2 aromatic rings. The molecular weight excluding hydrogens is 269 g/mol. The molecule has 0 saturated carbocycles. The zero-order chi connectivity index (χ0) is 14.2. The number of rotatable bonds is 4. The molecule has 0 atom stereocenters. The lowest BCUT2D eigenvalue weighted by molar-refractivity contribution is -0.119.